The van der Waals surface area contributed by atoms with Gasteiger partial charge in [0.05, 0.1) is 18.9 Å². The Morgan fingerprint density at radius 1 is 1.38 bits per heavy atom. The van der Waals surface area contributed by atoms with Crippen molar-refractivity contribution in [3.05, 3.63) is 36.3 Å². The number of pyridine rings is 1. The molecule has 0 unspecified atom stereocenters. The van der Waals surface area contributed by atoms with Gasteiger partial charge in [0.2, 0.25) is 0 Å². The van der Waals surface area contributed by atoms with Crippen molar-refractivity contribution in [2.75, 3.05) is 11.9 Å². The summed E-state index contributed by atoms with van der Waals surface area (Å²) < 4.78 is 27.2. The summed E-state index contributed by atoms with van der Waals surface area (Å²) in [5.41, 5.74) is 0. The lowest BCUT2D eigenvalue weighted by Crippen LogP contribution is -2.13. The van der Waals surface area contributed by atoms with Crippen molar-refractivity contribution in [3.63, 3.8) is 0 Å². The summed E-state index contributed by atoms with van der Waals surface area (Å²) in [6.07, 6.45) is 4.20. The fourth-order valence-corrected chi connectivity index (χ4v) is 1.19. The van der Waals surface area contributed by atoms with Crippen LogP contribution in [0.5, 0.6) is 0 Å². The molecular formula is C9H9F2N5. The minimum Gasteiger partial charge on any atom is -0.366 e. The van der Waals surface area contributed by atoms with E-state index in [1.165, 1.54) is 0 Å². The maximum absolute atomic E-state index is 13.1. The molecule has 1 N–H and O–H groups in total. The first-order valence-corrected chi connectivity index (χ1v) is 4.65. The van der Waals surface area contributed by atoms with Crippen LogP contribution in [-0.4, -0.2) is 26.5 Å². The topological polar surface area (TPSA) is 55.6 Å². The molecule has 5 nitrogen and oxygen atoms in total. The Morgan fingerprint density at radius 3 is 2.94 bits per heavy atom. The zero-order chi connectivity index (χ0) is 11.4. The van der Waals surface area contributed by atoms with Gasteiger partial charge in [-0.2, -0.15) is 0 Å². The maximum Gasteiger partial charge on any atom is 0.168 e. The van der Waals surface area contributed by atoms with Crippen LogP contribution in [0.2, 0.25) is 0 Å². The minimum absolute atomic E-state index is 0.0292. The third kappa shape index (κ3) is 2.50. The summed E-state index contributed by atoms with van der Waals surface area (Å²) in [5.74, 6) is -1.38. The molecule has 0 aromatic carbocycles. The lowest BCUT2D eigenvalue weighted by molar-refractivity contribution is 0.571. The molecule has 0 radical (unpaired) electrons. The van der Waals surface area contributed by atoms with Crippen molar-refractivity contribution < 1.29 is 8.78 Å². The Labute approximate surface area is 90.1 Å². The number of rotatable bonds is 4. The Bertz CT molecular complexity index is 457. The third-order valence-electron chi connectivity index (χ3n) is 1.91. The van der Waals surface area contributed by atoms with E-state index in [0.29, 0.717) is 13.1 Å². The van der Waals surface area contributed by atoms with Crippen molar-refractivity contribution in [3.8, 4) is 0 Å². The average molecular weight is 225 g/mol. The molecule has 2 rings (SSSR count). The predicted octanol–water partition coefficient (Wildman–Crippen LogP) is 1.06. The Kier molecular flexibility index (Phi) is 3.04. The smallest absolute Gasteiger partial charge is 0.168 e. The largest absolute Gasteiger partial charge is 0.366 e. The molecule has 2 aromatic heterocycles. The summed E-state index contributed by atoms with van der Waals surface area (Å²) in [7, 11) is 0. The second kappa shape index (κ2) is 4.65. The van der Waals surface area contributed by atoms with Crippen LogP contribution >= 0.6 is 0 Å². The number of hydrogen-bond donors (Lipinski definition) is 1. The summed E-state index contributed by atoms with van der Waals surface area (Å²) in [5, 5.41) is 10.1. The van der Waals surface area contributed by atoms with Crippen LogP contribution in [0.15, 0.2) is 24.7 Å². The SMILES string of the molecule is Fc1cnc(NCCn2ccnn2)c(F)c1. The first kappa shape index (κ1) is 10.5. The summed E-state index contributed by atoms with van der Waals surface area (Å²) in [6.45, 7) is 0.956. The Hall–Kier alpha value is -2.05. The van der Waals surface area contributed by atoms with Crippen LogP contribution in [0.4, 0.5) is 14.6 Å². The molecule has 0 fully saturated rings. The molecule has 2 aromatic rings. The fourth-order valence-electron chi connectivity index (χ4n) is 1.19. The maximum atomic E-state index is 13.1. The van der Waals surface area contributed by atoms with Crippen molar-refractivity contribution in [2.24, 2.45) is 0 Å². The lowest BCUT2D eigenvalue weighted by atomic mass is 10.4. The quantitative estimate of drug-likeness (QED) is 0.845. The van der Waals surface area contributed by atoms with Crippen molar-refractivity contribution in [1.29, 1.82) is 0 Å². The Balaban J connectivity index is 1.90. The highest BCUT2D eigenvalue weighted by molar-refractivity contribution is 5.35. The molecule has 0 aliphatic carbocycles. The van der Waals surface area contributed by atoms with Gasteiger partial charge in [0.1, 0.15) is 5.82 Å². The van der Waals surface area contributed by atoms with E-state index >= 15 is 0 Å². The molecule has 0 atom stereocenters. The van der Waals surface area contributed by atoms with Crippen LogP contribution in [0.3, 0.4) is 0 Å². The van der Waals surface area contributed by atoms with Crippen molar-refractivity contribution in [1.82, 2.24) is 20.0 Å². The molecule has 84 valence electrons. The van der Waals surface area contributed by atoms with Crippen molar-refractivity contribution in [2.45, 2.75) is 6.54 Å². The molecular weight excluding hydrogens is 216 g/mol. The van der Waals surface area contributed by atoms with E-state index in [0.717, 1.165) is 12.3 Å². The van der Waals surface area contributed by atoms with E-state index in [2.05, 4.69) is 20.6 Å². The van der Waals surface area contributed by atoms with Gasteiger partial charge in [0.15, 0.2) is 11.6 Å². The molecule has 16 heavy (non-hydrogen) atoms. The normalized spacial score (nSPS) is 10.4. The summed E-state index contributed by atoms with van der Waals surface area (Å²) in [4.78, 5) is 3.59. The average Bonchev–Trinajstić information content (AvgIpc) is 2.74. The van der Waals surface area contributed by atoms with Crippen LogP contribution in [-0.2, 0) is 6.54 Å². The van der Waals surface area contributed by atoms with Gasteiger partial charge in [-0.3, -0.25) is 4.68 Å². The monoisotopic (exact) mass is 225 g/mol. The number of nitrogens with zero attached hydrogens (tertiary/aromatic N) is 4. The highest BCUT2D eigenvalue weighted by atomic mass is 19.1. The van der Waals surface area contributed by atoms with Gasteiger partial charge in [0.25, 0.3) is 0 Å². The molecule has 2 heterocycles. The molecule has 0 spiro atoms. The van der Waals surface area contributed by atoms with Gasteiger partial charge in [-0.05, 0) is 0 Å². The number of hydrogen-bond acceptors (Lipinski definition) is 4. The van der Waals surface area contributed by atoms with E-state index in [1.807, 2.05) is 0 Å². The standard InChI is InChI=1S/C9H9F2N5/c10-7-5-8(11)9(13-6-7)12-1-3-16-4-2-14-15-16/h2,4-6H,1,3H2,(H,12,13). The Morgan fingerprint density at radius 2 is 2.25 bits per heavy atom. The van der Waals surface area contributed by atoms with E-state index in [4.69, 9.17) is 0 Å². The third-order valence-corrected chi connectivity index (χ3v) is 1.91. The van der Waals surface area contributed by atoms with Gasteiger partial charge in [0, 0.05) is 18.8 Å². The number of halogens is 2. The van der Waals surface area contributed by atoms with E-state index < -0.39 is 11.6 Å². The molecule has 7 heteroatoms. The first-order valence-electron chi connectivity index (χ1n) is 4.65. The zero-order valence-corrected chi connectivity index (χ0v) is 8.27. The van der Waals surface area contributed by atoms with Crippen LogP contribution in [0.25, 0.3) is 0 Å². The summed E-state index contributed by atoms with van der Waals surface area (Å²) in [6, 6.07) is 0.783. The van der Waals surface area contributed by atoms with E-state index in [9.17, 15) is 8.78 Å². The second-order valence-corrected chi connectivity index (χ2v) is 3.08. The first-order chi connectivity index (χ1) is 7.75. The lowest BCUT2D eigenvalue weighted by Gasteiger charge is -2.05. The van der Waals surface area contributed by atoms with Crippen molar-refractivity contribution >= 4 is 5.82 Å². The van der Waals surface area contributed by atoms with E-state index in [1.54, 1.807) is 17.1 Å². The van der Waals surface area contributed by atoms with Gasteiger partial charge < -0.3 is 5.32 Å². The van der Waals surface area contributed by atoms with Gasteiger partial charge >= 0.3 is 0 Å². The minimum atomic E-state index is -0.710. The molecule has 0 aliphatic rings. The molecule has 0 saturated carbocycles. The van der Waals surface area contributed by atoms with E-state index in [-0.39, 0.29) is 5.82 Å². The molecule has 0 saturated heterocycles. The number of anilines is 1. The second-order valence-electron chi connectivity index (χ2n) is 3.08. The predicted molar refractivity (Wildman–Crippen MR) is 52.7 cm³/mol. The van der Waals surface area contributed by atoms with Crippen LogP contribution < -0.4 is 5.32 Å². The number of aromatic nitrogens is 4. The van der Waals surface area contributed by atoms with Crippen LogP contribution in [0.1, 0.15) is 0 Å². The van der Waals surface area contributed by atoms with Crippen LogP contribution in [0, 0.1) is 11.6 Å². The fraction of sp³-hybridized carbons (Fsp3) is 0.222. The molecule has 0 aliphatic heterocycles. The van der Waals surface area contributed by atoms with Gasteiger partial charge in [-0.1, -0.05) is 5.21 Å². The van der Waals surface area contributed by atoms with Gasteiger partial charge in [-0.15, -0.1) is 5.10 Å². The summed E-state index contributed by atoms with van der Waals surface area (Å²) >= 11 is 0. The highest BCUT2D eigenvalue weighted by Crippen LogP contribution is 2.10. The van der Waals surface area contributed by atoms with Gasteiger partial charge in [-0.25, -0.2) is 13.8 Å². The molecule has 0 bridgehead atoms. The molecule has 0 amide bonds. The zero-order valence-electron chi connectivity index (χ0n) is 8.27. The highest BCUT2D eigenvalue weighted by Gasteiger charge is 2.04. The number of nitrogens with one attached hydrogen (secondary N) is 1.